The number of likely N-dealkylation sites (tertiary alicyclic amines) is 1. The maximum absolute atomic E-state index is 13.9. The second kappa shape index (κ2) is 17.1. The number of methoxy groups -OCH3 is 2. The zero-order valence-electron chi connectivity index (χ0n) is 32.5. The van der Waals surface area contributed by atoms with Crippen LogP contribution in [0, 0.1) is 5.92 Å². The maximum Gasteiger partial charge on any atom is 0.407 e. The SMILES string of the molecule is COC(=O)N[C@H](C(=O)N1CCC[C@H]1c1ncc(-c2ccc(-c3ccc(C4=CN=C([C@@H]5C=CCN5C(=O)[C@H](NC(=O)OC)c5ccccc5)C4)cc3)cc2)[nH]1)C(C)C. The molecule has 0 bridgehead atoms. The molecule has 13 nitrogen and oxygen atoms in total. The lowest BCUT2D eigenvalue weighted by atomic mass is 9.96. The highest BCUT2D eigenvalue weighted by Crippen LogP contribution is 2.34. The molecule has 3 aliphatic rings. The van der Waals surface area contributed by atoms with Crippen LogP contribution in [0.5, 0.6) is 0 Å². The number of ether oxygens (including phenoxy) is 2. The summed E-state index contributed by atoms with van der Waals surface area (Å²) in [5.74, 6) is 0.237. The second-order valence-electron chi connectivity index (χ2n) is 14.7. The number of rotatable bonds is 11. The molecule has 0 aliphatic carbocycles. The van der Waals surface area contributed by atoms with E-state index in [1.165, 1.54) is 14.2 Å². The van der Waals surface area contributed by atoms with Gasteiger partial charge in [0, 0.05) is 31.4 Å². The molecule has 1 saturated heterocycles. The number of amides is 4. The minimum Gasteiger partial charge on any atom is -0.453 e. The largest absolute Gasteiger partial charge is 0.453 e. The quantitative estimate of drug-likeness (QED) is 0.141. The van der Waals surface area contributed by atoms with Gasteiger partial charge in [0.05, 0.1) is 38.2 Å². The molecule has 4 aromatic rings. The minimum atomic E-state index is -0.893. The van der Waals surface area contributed by atoms with E-state index in [2.05, 4.69) is 69.1 Å². The number of aliphatic imine (C=N–C) groups is 1. The first kappa shape index (κ1) is 38.8. The number of aromatic amines is 1. The van der Waals surface area contributed by atoms with Crippen molar-refractivity contribution in [1.29, 1.82) is 0 Å². The van der Waals surface area contributed by atoms with Crippen LogP contribution in [0.2, 0.25) is 0 Å². The Morgan fingerprint density at radius 2 is 1.46 bits per heavy atom. The van der Waals surface area contributed by atoms with E-state index in [1.807, 2.05) is 62.5 Å². The van der Waals surface area contributed by atoms with Crippen molar-refractivity contribution < 1.29 is 28.7 Å². The van der Waals surface area contributed by atoms with Crippen LogP contribution < -0.4 is 10.6 Å². The van der Waals surface area contributed by atoms with E-state index in [1.54, 1.807) is 16.0 Å². The molecule has 3 N–H and O–H groups in total. The van der Waals surface area contributed by atoms with Gasteiger partial charge >= 0.3 is 12.2 Å². The fourth-order valence-corrected chi connectivity index (χ4v) is 7.68. The Balaban J connectivity index is 0.977. The van der Waals surface area contributed by atoms with Gasteiger partial charge in [0.2, 0.25) is 5.91 Å². The van der Waals surface area contributed by atoms with Crippen molar-refractivity contribution in [1.82, 2.24) is 30.4 Å². The number of aromatic nitrogens is 2. The second-order valence-corrected chi connectivity index (χ2v) is 14.7. The number of carbonyl (C=O) groups is 4. The van der Waals surface area contributed by atoms with Gasteiger partial charge in [0.1, 0.15) is 17.9 Å². The Labute approximate surface area is 331 Å². The summed E-state index contributed by atoms with van der Waals surface area (Å²) in [6, 6.07) is 23.7. The Bertz CT molecular complexity index is 2190. The third-order valence-electron chi connectivity index (χ3n) is 10.8. The van der Waals surface area contributed by atoms with Crippen LogP contribution in [0.3, 0.4) is 0 Å². The molecule has 0 spiro atoms. The Hall–Kier alpha value is -6.50. The zero-order valence-corrected chi connectivity index (χ0v) is 32.5. The molecule has 3 aromatic carbocycles. The lowest BCUT2D eigenvalue weighted by molar-refractivity contribution is -0.135. The zero-order chi connectivity index (χ0) is 40.1. The van der Waals surface area contributed by atoms with Crippen molar-refractivity contribution in [3.05, 3.63) is 120 Å². The topological polar surface area (TPSA) is 158 Å². The number of nitrogens with one attached hydrogen (secondary N) is 3. The van der Waals surface area contributed by atoms with Gasteiger partial charge in [-0.3, -0.25) is 14.6 Å². The highest BCUT2D eigenvalue weighted by Gasteiger charge is 2.38. The van der Waals surface area contributed by atoms with Gasteiger partial charge < -0.3 is 34.9 Å². The number of imidazole rings is 1. The number of carbonyl (C=O) groups excluding carboxylic acids is 4. The number of H-pyrrole nitrogens is 1. The van der Waals surface area contributed by atoms with Gasteiger partial charge in [-0.1, -0.05) is 105 Å². The normalized spacial score (nSPS) is 18.5. The van der Waals surface area contributed by atoms with Gasteiger partial charge in [-0.05, 0) is 52.1 Å². The summed E-state index contributed by atoms with van der Waals surface area (Å²) >= 11 is 0. The van der Waals surface area contributed by atoms with Gasteiger partial charge in [-0.2, -0.15) is 0 Å². The number of benzene rings is 3. The molecule has 4 amide bonds. The van der Waals surface area contributed by atoms with E-state index >= 15 is 0 Å². The van der Waals surface area contributed by atoms with Crippen molar-refractivity contribution >= 4 is 35.3 Å². The summed E-state index contributed by atoms with van der Waals surface area (Å²) in [7, 11) is 2.57. The van der Waals surface area contributed by atoms with Gasteiger partial charge in [0.25, 0.3) is 5.91 Å². The van der Waals surface area contributed by atoms with Crippen LogP contribution in [0.25, 0.3) is 28.0 Å². The molecule has 57 heavy (non-hydrogen) atoms. The molecule has 4 atom stereocenters. The van der Waals surface area contributed by atoms with E-state index in [9.17, 15) is 19.2 Å². The predicted molar refractivity (Wildman–Crippen MR) is 217 cm³/mol. The Kier molecular flexibility index (Phi) is 11.6. The molecule has 294 valence electrons. The summed E-state index contributed by atoms with van der Waals surface area (Å²) in [5, 5.41) is 5.40. The number of hydrogen-bond donors (Lipinski definition) is 3. The maximum atomic E-state index is 13.9. The van der Waals surface area contributed by atoms with Crippen molar-refractivity contribution in [2.75, 3.05) is 27.3 Å². The first-order valence-corrected chi connectivity index (χ1v) is 19.2. The van der Waals surface area contributed by atoms with Gasteiger partial charge in [-0.15, -0.1) is 0 Å². The van der Waals surface area contributed by atoms with Crippen LogP contribution in [0.1, 0.15) is 62.1 Å². The summed E-state index contributed by atoms with van der Waals surface area (Å²) in [4.78, 5) is 68.0. The first-order chi connectivity index (χ1) is 27.6. The molecule has 13 heteroatoms. The molecule has 3 aliphatic heterocycles. The molecule has 0 radical (unpaired) electrons. The highest BCUT2D eigenvalue weighted by molar-refractivity contribution is 6.05. The number of nitrogens with zero attached hydrogens (tertiary/aromatic N) is 4. The van der Waals surface area contributed by atoms with Crippen LogP contribution in [0.4, 0.5) is 9.59 Å². The van der Waals surface area contributed by atoms with Gasteiger partial charge in [0.15, 0.2) is 0 Å². The monoisotopic (exact) mass is 769 g/mol. The van der Waals surface area contributed by atoms with E-state index < -0.39 is 24.3 Å². The average molecular weight is 770 g/mol. The van der Waals surface area contributed by atoms with Crippen molar-refractivity contribution in [3.63, 3.8) is 0 Å². The highest BCUT2D eigenvalue weighted by atomic mass is 16.5. The Morgan fingerprint density at radius 3 is 2.12 bits per heavy atom. The molecular weight excluding hydrogens is 723 g/mol. The third-order valence-corrected chi connectivity index (χ3v) is 10.8. The molecule has 4 heterocycles. The predicted octanol–water partition coefficient (Wildman–Crippen LogP) is 6.84. The smallest absolute Gasteiger partial charge is 0.407 e. The minimum absolute atomic E-state index is 0.107. The van der Waals surface area contributed by atoms with Gasteiger partial charge in [-0.25, -0.2) is 14.6 Å². The lowest BCUT2D eigenvalue weighted by Gasteiger charge is -2.30. The van der Waals surface area contributed by atoms with Crippen LogP contribution >= 0.6 is 0 Å². The summed E-state index contributed by atoms with van der Waals surface area (Å²) in [6.45, 7) is 4.80. The fraction of sp³-hybridized carbons (Fsp3) is 0.318. The summed E-state index contributed by atoms with van der Waals surface area (Å²) in [5.41, 5.74) is 7.60. The third kappa shape index (κ3) is 8.37. The summed E-state index contributed by atoms with van der Waals surface area (Å²) in [6.07, 6.45) is 8.54. The van der Waals surface area contributed by atoms with Crippen LogP contribution in [-0.4, -0.2) is 88.9 Å². The summed E-state index contributed by atoms with van der Waals surface area (Å²) < 4.78 is 9.57. The molecule has 7 rings (SSSR count). The average Bonchev–Trinajstić information content (AvgIpc) is 4.09. The molecule has 1 aromatic heterocycles. The van der Waals surface area contributed by atoms with Crippen molar-refractivity contribution in [2.45, 2.75) is 57.3 Å². The van der Waals surface area contributed by atoms with Crippen molar-refractivity contribution in [2.24, 2.45) is 10.9 Å². The van der Waals surface area contributed by atoms with Crippen LogP contribution in [0.15, 0.2) is 108 Å². The fourth-order valence-electron chi connectivity index (χ4n) is 7.68. The van der Waals surface area contributed by atoms with Crippen LogP contribution in [-0.2, 0) is 19.1 Å². The number of allylic oxidation sites excluding steroid dienone is 1. The standard InChI is InChI=1S/C44H47N7O6/c1-27(2)38(48-43(54)56-3)41(52)51-23-9-13-37(51)40-46-26-35(47-40)31-20-18-29(19-21-31)28-14-16-30(17-15-28)33-24-34(45-25-33)36-12-8-22-50(36)42(53)39(49-44(55)57-4)32-10-6-5-7-11-32/h5-8,10-12,14-21,25-27,36-39H,9,13,22-24H2,1-4H3,(H,46,47)(H,48,54)(H,49,55)/t36-,37-,38-,39+/m0/s1. The molecule has 1 fully saturated rings. The number of alkyl carbamates (subject to hydrolysis) is 2. The van der Waals surface area contributed by atoms with E-state index in [-0.39, 0.29) is 29.8 Å². The lowest BCUT2D eigenvalue weighted by Crippen LogP contribution is -2.51. The molecular formula is C44H47N7O6. The number of hydrogen-bond acceptors (Lipinski definition) is 8. The molecule has 0 saturated carbocycles. The van der Waals surface area contributed by atoms with E-state index in [0.717, 1.165) is 57.9 Å². The van der Waals surface area contributed by atoms with E-state index in [0.29, 0.717) is 25.1 Å². The Morgan fingerprint density at radius 1 is 0.807 bits per heavy atom. The van der Waals surface area contributed by atoms with E-state index in [4.69, 9.17) is 14.5 Å². The first-order valence-electron chi connectivity index (χ1n) is 19.2. The van der Waals surface area contributed by atoms with Crippen molar-refractivity contribution in [3.8, 4) is 22.4 Å². The molecule has 0 unspecified atom stereocenters.